The van der Waals surface area contributed by atoms with E-state index in [9.17, 15) is 0 Å². The van der Waals surface area contributed by atoms with E-state index >= 15 is 0 Å². The van der Waals surface area contributed by atoms with Gasteiger partial charge in [0.05, 0.1) is 24.8 Å². The number of ether oxygens (including phenoxy) is 2. The highest BCUT2D eigenvalue weighted by Gasteiger charge is 2.20. The number of nitrogens with zero attached hydrogens (tertiary/aromatic N) is 5. The topological polar surface area (TPSA) is 104 Å². The zero-order valence-corrected chi connectivity index (χ0v) is 16.1. The number of hydrogen-bond acceptors (Lipinski definition) is 8. The van der Waals surface area contributed by atoms with Crippen molar-refractivity contribution in [2.24, 2.45) is 5.73 Å². The summed E-state index contributed by atoms with van der Waals surface area (Å²) in [5.74, 6) is 2.07. The van der Waals surface area contributed by atoms with Crippen LogP contribution >= 0.6 is 0 Å². The molecule has 1 aliphatic rings. The van der Waals surface area contributed by atoms with E-state index in [2.05, 4.69) is 20.0 Å². The van der Waals surface area contributed by atoms with Gasteiger partial charge in [-0.2, -0.15) is 0 Å². The number of pyridine rings is 1. The van der Waals surface area contributed by atoms with E-state index in [0.29, 0.717) is 37.0 Å². The lowest BCUT2D eigenvalue weighted by molar-refractivity contribution is 0.122. The van der Waals surface area contributed by atoms with Gasteiger partial charge in [-0.05, 0) is 25.1 Å². The lowest BCUT2D eigenvalue weighted by atomic mass is 10.2. The van der Waals surface area contributed by atoms with Crippen molar-refractivity contribution in [2.75, 3.05) is 37.7 Å². The number of hydrogen-bond donors (Lipinski definition) is 1. The van der Waals surface area contributed by atoms with Crippen molar-refractivity contribution in [3.8, 4) is 17.3 Å². The van der Waals surface area contributed by atoms with E-state index in [1.807, 2.05) is 25.1 Å². The smallest absolute Gasteiger partial charge is 0.232 e. The molecule has 5 heterocycles. The van der Waals surface area contributed by atoms with Crippen molar-refractivity contribution < 1.29 is 13.9 Å². The highest BCUT2D eigenvalue weighted by molar-refractivity contribution is 5.92. The van der Waals surface area contributed by atoms with Crippen LogP contribution in [0.5, 0.6) is 5.88 Å². The van der Waals surface area contributed by atoms with Crippen LogP contribution in [0, 0.1) is 0 Å². The predicted octanol–water partition coefficient (Wildman–Crippen LogP) is 2.10. The van der Waals surface area contributed by atoms with Gasteiger partial charge < -0.3 is 24.5 Å². The maximum absolute atomic E-state index is 6.13. The Balaban J connectivity index is 1.56. The first-order valence-corrected chi connectivity index (χ1v) is 9.66. The molecule has 5 rings (SSSR count). The third-order valence-corrected chi connectivity index (χ3v) is 4.98. The third-order valence-electron chi connectivity index (χ3n) is 4.98. The van der Waals surface area contributed by atoms with Gasteiger partial charge in [0.2, 0.25) is 5.88 Å². The summed E-state index contributed by atoms with van der Waals surface area (Å²) in [4.78, 5) is 11.2. The summed E-state index contributed by atoms with van der Waals surface area (Å²) in [6.45, 7) is 5.33. The van der Waals surface area contributed by atoms with Crippen molar-refractivity contribution in [2.45, 2.75) is 13.0 Å². The van der Waals surface area contributed by atoms with Crippen molar-refractivity contribution in [1.82, 2.24) is 19.6 Å². The fourth-order valence-electron chi connectivity index (χ4n) is 3.44. The second kappa shape index (κ2) is 7.34. The number of nitrogens with two attached hydrogens (primary N) is 1. The number of furan rings is 1. The van der Waals surface area contributed by atoms with Crippen molar-refractivity contribution in [3.05, 3.63) is 36.7 Å². The molecule has 0 bridgehead atoms. The molecule has 0 amide bonds. The Morgan fingerprint density at radius 3 is 2.90 bits per heavy atom. The van der Waals surface area contributed by atoms with Gasteiger partial charge in [-0.3, -0.25) is 0 Å². The molecule has 150 valence electrons. The molecule has 4 aromatic heterocycles. The molecule has 9 heteroatoms. The summed E-state index contributed by atoms with van der Waals surface area (Å²) in [5, 5.41) is 5.52. The SMILES string of the molecule is C[C@H](CN)Oc1ccc2ncc(-c3cc4c(N5CCOCC5)nccc4o3)n2n1. The van der Waals surface area contributed by atoms with Gasteiger partial charge in [-0.1, -0.05) is 0 Å². The molecule has 1 atom stereocenters. The Kier molecular flexibility index (Phi) is 4.53. The average Bonchev–Trinajstić information content (AvgIpc) is 3.37. The molecule has 4 aromatic rings. The minimum absolute atomic E-state index is 0.125. The van der Waals surface area contributed by atoms with Crippen molar-refractivity contribution in [3.63, 3.8) is 0 Å². The molecule has 1 fully saturated rings. The first-order valence-electron chi connectivity index (χ1n) is 9.66. The van der Waals surface area contributed by atoms with Gasteiger partial charge in [0.1, 0.15) is 23.2 Å². The molecular weight excluding hydrogens is 372 g/mol. The summed E-state index contributed by atoms with van der Waals surface area (Å²) in [7, 11) is 0. The van der Waals surface area contributed by atoms with E-state index in [1.165, 1.54) is 0 Å². The summed E-state index contributed by atoms with van der Waals surface area (Å²) >= 11 is 0. The van der Waals surface area contributed by atoms with E-state index in [1.54, 1.807) is 23.0 Å². The zero-order chi connectivity index (χ0) is 19.8. The minimum Gasteiger partial charge on any atom is -0.472 e. The van der Waals surface area contributed by atoms with Gasteiger partial charge in [-0.15, -0.1) is 5.10 Å². The molecule has 29 heavy (non-hydrogen) atoms. The molecule has 0 saturated carbocycles. The summed E-state index contributed by atoms with van der Waals surface area (Å²) in [6, 6.07) is 7.51. The van der Waals surface area contributed by atoms with Crippen LogP contribution < -0.4 is 15.4 Å². The highest BCUT2D eigenvalue weighted by Crippen LogP contribution is 2.33. The van der Waals surface area contributed by atoms with E-state index < -0.39 is 0 Å². The van der Waals surface area contributed by atoms with Gasteiger partial charge >= 0.3 is 0 Å². The summed E-state index contributed by atoms with van der Waals surface area (Å²) in [6.07, 6.45) is 3.39. The normalized spacial score (nSPS) is 15.9. The second-order valence-electron chi connectivity index (χ2n) is 7.01. The minimum atomic E-state index is -0.125. The molecule has 2 N–H and O–H groups in total. The molecule has 0 unspecified atom stereocenters. The van der Waals surface area contributed by atoms with Crippen LogP contribution in [0.1, 0.15) is 6.92 Å². The van der Waals surface area contributed by atoms with Crippen LogP contribution in [0.2, 0.25) is 0 Å². The van der Waals surface area contributed by atoms with Crippen molar-refractivity contribution >= 4 is 22.4 Å². The maximum atomic E-state index is 6.13. The monoisotopic (exact) mass is 394 g/mol. The second-order valence-corrected chi connectivity index (χ2v) is 7.01. The lowest BCUT2D eigenvalue weighted by Gasteiger charge is -2.28. The molecule has 0 aromatic carbocycles. The van der Waals surface area contributed by atoms with Crippen LogP contribution in [0.25, 0.3) is 28.1 Å². The molecule has 1 aliphatic heterocycles. The Labute approximate surface area is 167 Å². The Bertz CT molecular complexity index is 1150. The van der Waals surface area contributed by atoms with Gasteiger partial charge in [0.15, 0.2) is 11.4 Å². The standard InChI is InChI=1S/C20H22N6O3/c1-13(11-21)28-19-3-2-18-23-12-15(26(18)24-19)17-10-14-16(29-17)4-5-22-20(14)25-6-8-27-9-7-25/h2-5,10,12-13H,6-9,11,21H2,1H3/t13-/m1/s1. The largest absolute Gasteiger partial charge is 0.472 e. The number of anilines is 1. The average molecular weight is 394 g/mol. The molecule has 0 radical (unpaired) electrons. The number of imidazole rings is 1. The summed E-state index contributed by atoms with van der Waals surface area (Å²) < 4.78 is 19.1. The Morgan fingerprint density at radius 1 is 1.21 bits per heavy atom. The van der Waals surface area contributed by atoms with Gasteiger partial charge in [-0.25, -0.2) is 14.5 Å². The Morgan fingerprint density at radius 2 is 2.07 bits per heavy atom. The van der Waals surface area contributed by atoms with Crippen LogP contribution in [-0.2, 0) is 4.74 Å². The molecule has 0 spiro atoms. The van der Waals surface area contributed by atoms with E-state index in [-0.39, 0.29) is 6.10 Å². The van der Waals surface area contributed by atoms with Gasteiger partial charge in [0.25, 0.3) is 0 Å². The molecule has 1 saturated heterocycles. The lowest BCUT2D eigenvalue weighted by Crippen LogP contribution is -2.36. The number of aromatic nitrogens is 4. The highest BCUT2D eigenvalue weighted by atomic mass is 16.5. The van der Waals surface area contributed by atoms with Crippen molar-refractivity contribution in [1.29, 1.82) is 0 Å². The third kappa shape index (κ3) is 3.28. The Hall–Kier alpha value is -3.17. The van der Waals surface area contributed by atoms with Crippen LogP contribution in [0.15, 0.2) is 41.1 Å². The number of morpholine rings is 1. The van der Waals surface area contributed by atoms with E-state index in [0.717, 1.165) is 35.6 Å². The maximum Gasteiger partial charge on any atom is 0.232 e. The van der Waals surface area contributed by atoms with E-state index in [4.69, 9.17) is 19.6 Å². The molecular formula is C20H22N6O3. The van der Waals surface area contributed by atoms with Crippen LogP contribution in [0.3, 0.4) is 0 Å². The summed E-state index contributed by atoms with van der Waals surface area (Å²) in [5.41, 5.74) is 7.87. The zero-order valence-electron chi connectivity index (χ0n) is 16.1. The fraction of sp³-hybridized carbons (Fsp3) is 0.350. The van der Waals surface area contributed by atoms with Crippen LogP contribution in [-0.4, -0.2) is 58.5 Å². The molecule has 9 nitrogen and oxygen atoms in total. The predicted molar refractivity (Wildman–Crippen MR) is 108 cm³/mol. The van der Waals surface area contributed by atoms with Gasteiger partial charge in [0, 0.05) is 31.9 Å². The van der Waals surface area contributed by atoms with Crippen LogP contribution in [0.4, 0.5) is 5.82 Å². The number of rotatable bonds is 5. The molecule has 0 aliphatic carbocycles. The quantitative estimate of drug-likeness (QED) is 0.549. The first kappa shape index (κ1) is 17.9. The fourth-order valence-corrected chi connectivity index (χ4v) is 3.44. The first-order chi connectivity index (χ1) is 14.2. The number of fused-ring (bicyclic) bond motifs is 2.